The lowest BCUT2D eigenvalue weighted by molar-refractivity contribution is 0.136. The van der Waals surface area contributed by atoms with Crippen LogP contribution in [-0.4, -0.2) is 29.5 Å². The summed E-state index contributed by atoms with van der Waals surface area (Å²) >= 11 is 0. The largest absolute Gasteiger partial charge is 0.380 e. The van der Waals surface area contributed by atoms with Crippen LogP contribution in [0.3, 0.4) is 0 Å². The van der Waals surface area contributed by atoms with Crippen molar-refractivity contribution in [2.75, 3.05) is 19.8 Å². The molecular weight excluding hydrogens is 178 g/mol. The van der Waals surface area contributed by atoms with Crippen molar-refractivity contribution in [3.8, 4) is 0 Å². The molecule has 0 unspecified atom stereocenters. The minimum Gasteiger partial charge on any atom is -0.380 e. The topological polar surface area (TPSA) is 39.1 Å². The van der Waals surface area contributed by atoms with Gasteiger partial charge in [0.05, 0.1) is 12.3 Å². The van der Waals surface area contributed by atoms with Crippen molar-refractivity contribution in [3.05, 3.63) is 18.0 Å². The Morgan fingerprint density at radius 3 is 3.00 bits per heavy atom. The maximum absolute atomic E-state index is 5.34. The molecule has 0 aliphatic heterocycles. The third-order valence-electron chi connectivity index (χ3n) is 1.85. The van der Waals surface area contributed by atoms with Gasteiger partial charge in [-0.25, -0.2) is 0 Å². The molecule has 0 aliphatic carbocycles. The summed E-state index contributed by atoms with van der Waals surface area (Å²) in [5.41, 5.74) is 1.07. The predicted octanol–water partition coefficient (Wildman–Crippen LogP) is 0.936. The average Bonchev–Trinajstić information content (AvgIpc) is 2.58. The van der Waals surface area contributed by atoms with Crippen LogP contribution in [-0.2, 0) is 18.3 Å². The molecule has 0 atom stereocenters. The maximum atomic E-state index is 5.34. The number of rotatable bonds is 7. The van der Waals surface area contributed by atoms with Gasteiger partial charge < -0.3 is 10.1 Å². The normalized spacial score (nSPS) is 10.7. The second-order valence-corrected chi connectivity index (χ2v) is 3.27. The lowest BCUT2D eigenvalue weighted by Gasteiger charge is -2.03. The Hall–Kier alpha value is -0.870. The first-order valence-corrected chi connectivity index (χ1v) is 5.10. The molecule has 4 nitrogen and oxygen atoms in total. The number of nitrogens with zero attached hydrogens (tertiary/aromatic N) is 2. The highest BCUT2D eigenvalue weighted by atomic mass is 16.5. The van der Waals surface area contributed by atoms with Gasteiger partial charge in [0.15, 0.2) is 0 Å². The first-order valence-electron chi connectivity index (χ1n) is 5.10. The Kier molecular flexibility index (Phi) is 5.25. The second-order valence-electron chi connectivity index (χ2n) is 3.27. The van der Waals surface area contributed by atoms with Gasteiger partial charge >= 0.3 is 0 Å². The molecule has 0 amide bonds. The second kappa shape index (κ2) is 6.56. The zero-order valence-corrected chi connectivity index (χ0v) is 8.99. The first-order chi connectivity index (χ1) is 6.83. The first kappa shape index (κ1) is 11.2. The van der Waals surface area contributed by atoms with Crippen LogP contribution in [0.2, 0.25) is 0 Å². The molecule has 1 N–H and O–H groups in total. The number of aromatic nitrogens is 2. The van der Waals surface area contributed by atoms with E-state index >= 15 is 0 Å². The van der Waals surface area contributed by atoms with Crippen LogP contribution in [0, 0.1) is 0 Å². The number of hydrogen-bond donors (Lipinski definition) is 1. The fourth-order valence-electron chi connectivity index (χ4n) is 1.16. The van der Waals surface area contributed by atoms with Gasteiger partial charge in [0.2, 0.25) is 0 Å². The molecule has 0 radical (unpaired) electrons. The number of nitrogens with one attached hydrogen (secondary N) is 1. The third-order valence-corrected chi connectivity index (χ3v) is 1.85. The fourth-order valence-corrected chi connectivity index (χ4v) is 1.16. The summed E-state index contributed by atoms with van der Waals surface area (Å²) in [6.07, 6.45) is 3.03. The quantitative estimate of drug-likeness (QED) is 0.661. The molecule has 0 saturated heterocycles. The molecule has 80 valence electrons. The van der Waals surface area contributed by atoms with E-state index in [1.165, 1.54) is 0 Å². The van der Waals surface area contributed by atoms with E-state index < -0.39 is 0 Å². The molecule has 4 heteroatoms. The Labute approximate surface area is 85.3 Å². The molecule has 0 bridgehead atoms. The van der Waals surface area contributed by atoms with E-state index in [-0.39, 0.29) is 0 Å². The van der Waals surface area contributed by atoms with Gasteiger partial charge in [0.25, 0.3) is 0 Å². The Morgan fingerprint density at radius 2 is 2.36 bits per heavy atom. The molecule has 0 fully saturated rings. The zero-order chi connectivity index (χ0) is 10.2. The van der Waals surface area contributed by atoms with Crippen molar-refractivity contribution in [3.63, 3.8) is 0 Å². The van der Waals surface area contributed by atoms with Gasteiger partial charge in [-0.15, -0.1) is 0 Å². The van der Waals surface area contributed by atoms with Crippen LogP contribution < -0.4 is 5.32 Å². The van der Waals surface area contributed by atoms with Crippen molar-refractivity contribution in [1.29, 1.82) is 0 Å². The maximum Gasteiger partial charge on any atom is 0.0762 e. The minimum absolute atomic E-state index is 0.778. The smallest absolute Gasteiger partial charge is 0.0762 e. The molecule has 1 aromatic heterocycles. The Morgan fingerprint density at radius 1 is 1.50 bits per heavy atom. The van der Waals surface area contributed by atoms with Crippen LogP contribution in [0.15, 0.2) is 12.3 Å². The lowest BCUT2D eigenvalue weighted by Crippen LogP contribution is -2.19. The van der Waals surface area contributed by atoms with E-state index in [0.717, 1.165) is 38.4 Å². The van der Waals surface area contributed by atoms with Gasteiger partial charge in [0.1, 0.15) is 0 Å². The molecule has 0 spiro atoms. The summed E-state index contributed by atoms with van der Waals surface area (Å²) in [7, 11) is 1.92. The monoisotopic (exact) mass is 197 g/mol. The number of ether oxygens (including phenoxy) is 1. The standard InChI is InChI=1S/C10H19N3O/c1-3-7-14-8-5-11-9-10-4-6-13(2)12-10/h4,6,11H,3,5,7-9H2,1-2H3. The van der Waals surface area contributed by atoms with Gasteiger partial charge in [-0.1, -0.05) is 6.92 Å². The highest BCUT2D eigenvalue weighted by Gasteiger charge is 1.94. The molecule has 0 aliphatic rings. The molecule has 1 rings (SSSR count). The predicted molar refractivity (Wildman–Crippen MR) is 56.0 cm³/mol. The summed E-state index contributed by atoms with van der Waals surface area (Å²) in [4.78, 5) is 0. The van der Waals surface area contributed by atoms with Gasteiger partial charge in [0, 0.05) is 32.9 Å². The van der Waals surface area contributed by atoms with E-state index in [9.17, 15) is 0 Å². The molecule has 1 aromatic rings. The van der Waals surface area contributed by atoms with Crippen molar-refractivity contribution in [2.24, 2.45) is 7.05 Å². The van der Waals surface area contributed by atoms with Crippen molar-refractivity contribution in [2.45, 2.75) is 19.9 Å². The summed E-state index contributed by atoms with van der Waals surface area (Å²) < 4.78 is 7.15. The molecular formula is C10H19N3O. The van der Waals surface area contributed by atoms with Gasteiger partial charge in [-0.2, -0.15) is 5.10 Å². The summed E-state index contributed by atoms with van der Waals surface area (Å²) in [5, 5.41) is 7.53. The van der Waals surface area contributed by atoms with Crippen LogP contribution in [0.1, 0.15) is 19.0 Å². The summed E-state index contributed by atoms with van der Waals surface area (Å²) in [6, 6.07) is 2.01. The summed E-state index contributed by atoms with van der Waals surface area (Å²) in [5.74, 6) is 0. The minimum atomic E-state index is 0.778. The third kappa shape index (κ3) is 4.39. The summed E-state index contributed by atoms with van der Waals surface area (Å²) in [6.45, 7) is 5.44. The van der Waals surface area contributed by atoms with Crippen molar-refractivity contribution >= 4 is 0 Å². The number of aryl methyl sites for hydroxylation is 1. The lowest BCUT2D eigenvalue weighted by atomic mass is 10.4. The van der Waals surface area contributed by atoms with E-state index in [1.54, 1.807) is 0 Å². The average molecular weight is 197 g/mol. The van der Waals surface area contributed by atoms with Crippen LogP contribution in [0.5, 0.6) is 0 Å². The van der Waals surface area contributed by atoms with Crippen LogP contribution in [0.25, 0.3) is 0 Å². The van der Waals surface area contributed by atoms with E-state index in [4.69, 9.17) is 4.74 Å². The van der Waals surface area contributed by atoms with Crippen molar-refractivity contribution < 1.29 is 4.74 Å². The molecule has 14 heavy (non-hydrogen) atoms. The van der Waals surface area contributed by atoms with E-state index in [1.807, 2.05) is 24.0 Å². The molecule has 1 heterocycles. The molecule has 0 aromatic carbocycles. The van der Waals surface area contributed by atoms with Gasteiger partial charge in [-0.3, -0.25) is 4.68 Å². The van der Waals surface area contributed by atoms with Gasteiger partial charge in [-0.05, 0) is 12.5 Å². The highest BCUT2D eigenvalue weighted by molar-refractivity contribution is 4.97. The fraction of sp³-hybridized carbons (Fsp3) is 0.700. The Bertz CT molecular complexity index is 247. The van der Waals surface area contributed by atoms with Crippen LogP contribution in [0.4, 0.5) is 0 Å². The van der Waals surface area contributed by atoms with Crippen molar-refractivity contribution in [1.82, 2.24) is 15.1 Å². The highest BCUT2D eigenvalue weighted by Crippen LogP contribution is 1.92. The van der Waals surface area contributed by atoms with E-state index in [0.29, 0.717) is 0 Å². The SMILES string of the molecule is CCCOCCNCc1ccn(C)n1. The van der Waals surface area contributed by atoms with E-state index in [2.05, 4.69) is 17.3 Å². The Balaban J connectivity index is 1.99. The molecule has 0 saturated carbocycles. The van der Waals surface area contributed by atoms with Crippen LogP contribution >= 0.6 is 0 Å². The zero-order valence-electron chi connectivity index (χ0n) is 8.99. The number of hydrogen-bond acceptors (Lipinski definition) is 3.